The molecule has 0 saturated carbocycles. The summed E-state index contributed by atoms with van der Waals surface area (Å²) in [7, 11) is 0. The number of halogens is 5. The molecule has 0 aliphatic heterocycles. The number of rotatable bonds is 4. The molecule has 0 N–H and O–H groups in total. The summed E-state index contributed by atoms with van der Waals surface area (Å²) in [5.41, 5.74) is 0. The third-order valence-corrected chi connectivity index (χ3v) is 1.67. The molecule has 8 heteroatoms. The molecule has 3 nitrogen and oxygen atoms in total. The largest absolute Gasteiger partial charge is 0.465 e. The van der Waals surface area contributed by atoms with Gasteiger partial charge in [0.05, 0.1) is 6.61 Å². The molecule has 0 aliphatic rings. The van der Waals surface area contributed by atoms with Crippen molar-refractivity contribution in [2.45, 2.75) is 25.9 Å². The standard InChI is InChI=1S/C8H9F5O3/c1-3-16-6(15)5(4(2)14)7(9,10)8(11,12)13/h5H,3H2,1-2H3. The highest BCUT2D eigenvalue weighted by atomic mass is 19.4. The van der Waals surface area contributed by atoms with Crippen LogP contribution in [0.15, 0.2) is 0 Å². The zero-order valence-electron chi connectivity index (χ0n) is 8.40. The minimum atomic E-state index is -5.98. The van der Waals surface area contributed by atoms with E-state index in [1.165, 1.54) is 6.92 Å². The molecule has 1 unspecified atom stereocenters. The first-order valence-corrected chi connectivity index (χ1v) is 4.17. The molecule has 0 aromatic rings. The summed E-state index contributed by atoms with van der Waals surface area (Å²) in [4.78, 5) is 21.5. The number of ether oxygens (including phenoxy) is 1. The molecule has 0 amide bonds. The predicted molar refractivity (Wildman–Crippen MR) is 41.8 cm³/mol. The van der Waals surface area contributed by atoms with E-state index in [1.54, 1.807) is 0 Å². The first-order valence-electron chi connectivity index (χ1n) is 4.17. The van der Waals surface area contributed by atoms with E-state index in [0.29, 0.717) is 6.92 Å². The summed E-state index contributed by atoms with van der Waals surface area (Å²) in [6, 6.07) is 0. The lowest BCUT2D eigenvalue weighted by molar-refractivity contribution is -0.297. The van der Waals surface area contributed by atoms with Crippen molar-refractivity contribution in [2.24, 2.45) is 5.92 Å². The number of Topliss-reactive ketones (excluding diaryl/α,β-unsaturated/α-hetero) is 1. The van der Waals surface area contributed by atoms with Gasteiger partial charge in [-0.05, 0) is 13.8 Å². The molecular formula is C8H9F5O3. The number of hydrogen-bond donors (Lipinski definition) is 0. The van der Waals surface area contributed by atoms with Crippen molar-refractivity contribution in [3.8, 4) is 0 Å². The summed E-state index contributed by atoms with van der Waals surface area (Å²) in [5.74, 6) is -12.0. The van der Waals surface area contributed by atoms with E-state index in [-0.39, 0.29) is 0 Å². The van der Waals surface area contributed by atoms with Crippen molar-refractivity contribution in [2.75, 3.05) is 6.61 Å². The Labute approximate surface area is 87.6 Å². The minimum absolute atomic E-state index is 0.392. The summed E-state index contributed by atoms with van der Waals surface area (Å²) in [6.07, 6.45) is -5.98. The van der Waals surface area contributed by atoms with Crippen LogP contribution in [0.1, 0.15) is 13.8 Å². The van der Waals surface area contributed by atoms with Crippen LogP contribution in [-0.4, -0.2) is 30.5 Å². The highest BCUT2D eigenvalue weighted by molar-refractivity contribution is 5.99. The predicted octanol–water partition coefficient (Wildman–Crippen LogP) is 1.95. The van der Waals surface area contributed by atoms with Gasteiger partial charge in [-0.1, -0.05) is 0 Å². The average Bonchev–Trinajstić information content (AvgIpc) is 2.00. The molecule has 0 aliphatic carbocycles. The number of esters is 1. The highest BCUT2D eigenvalue weighted by Gasteiger charge is 2.66. The molecule has 0 heterocycles. The van der Waals surface area contributed by atoms with E-state index in [0.717, 1.165) is 0 Å². The Hall–Kier alpha value is -1.21. The second kappa shape index (κ2) is 4.75. The molecule has 0 aromatic carbocycles. The normalized spacial score (nSPS) is 14.4. The number of ketones is 1. The van der Waals surface area contributed by atoms with Crippen molar-refractivity contribution in [3.05, 3.63) is 0 Å². The van der Waals surface area contributed by atoms with E-state index >= 15 is 0 Å². The lowest BCUT2D eigenvalue weighted by Crippen LogP contribution is -2.50. The van der Waals surface area contributed by atoms with Gasteiger partial charge < -0.3 is 4.74 Å². The van der Waals surface area contributed by atoms with Gasteiger partial charge in [0.25, 0.3) is 0 Å². The van der Waals surface area contributed by atoms with Crippen molar-refractivity contribution in [1.82, 2.24) is 0 Å². The van der Waals surface area contributed by atoms with E-state index in [1.807, 2.05) is 0 Å². The maximum Gasteiger partial charge on any atom is 0.454 e. The molecule has 0 spiro atoms. The van der Waals surface area contributed by atoms with Gasteiger partial charge in [0.1, 0.15) is 0 Å². The van der Waals surface area contributed by atoms with Crippen LogP contribution in [0.25, 0.3) is 0 Å². The molecule has 16 heavy (non-hydrogen) atoms. The van der Waals surface area contributed by atoms with Gasteiger partial charge in [-0.3, -0.25) is 9.59 Å². The van der Waals surface area contributed by atoms with Gasteiger partial charge in [-0.15, -0.1) is 0 Å². The SMILES string of the molecule is CCOC(=O)C(C(C)=O)C(F)(F)C(F)(F)F. The number of carbonyl (C=O) groups excluding carboxylic acids is 2. The van der Waals surface area contributed by atoms with Crippen molar-refractivity contribution >= 4 is 11.8 Å². The Morgan fingerprint density at radius 2 is 1.62 bits per heavy atom. The number of alkyl halides is 5. The molecule has 0 saturated heterocycles. The van der Waals surface area contributed by atoms with Gasteiger partial charge in [-0.2, -0.15) is 22.0 Å². The van der Waals surface area contributed by atoms with Gasteiger partial charge >= 0.3 is 18.1 Å². The molecule has 0 aromatic heterocycles. The maximum absolute atomic E-state index is 12.8. The van der Waals surface area contributed by atoms with Gasteiger partial charge in [-0.25, -0.2) is 0 Å². The van der Waals surface area contributed by atoms with Gasteiger partial charge in [0, 0.05) is 0 Å². The first-order chi connectivity index (χ1) is 7.05. The zero-order valence-corrected chi connectivity index (χ0v) is 8.40. The summed E-state index contributed by atoms with van der Waals surface area (Å²) < 4.78 is 65.4. The van der Waals surface area contributed by atoms with E-state index in [9.17, 15) is 31.5 Å². The van der Waals surface area contributed by atoms with Crippen LogP contribution in [0.3, 0.4) is 0 Å². The van der Waals surface area contributed by atoms with Crippen LogP contribution in [0.5, 0.6) is 0 Å². The zero-order chi connectivity index (χ0) is 13.1. The summed E-state index contributed by atoms with van der Waals surface area (Å²) in [6.45, 7) is 1.30. The number of carbonyl (C=O) groups is 2. The molecule has 1 atom stereocenters. The molecule has 0 radical (unpaired) electrons. The van der Waals surface area contributed by atoms with E-state index in [4.69, 9.17) is 0 Å². The third kappa shape index (κ3) is 2.89. The van der Waals surface area contributed by atoms with Crippen LogP contribution >= 0.6 is 0 Å². The van der Waals surface area contributed by atoms with Crippen LogP contribution in [0.2, 0.25) is 0 Å². The lowest BCUT2D eigenvalue weighted by Gasteiger charge is -2.25. The fourth-order valence-electron chi connectivity index (χ4n) is 0.959. The maximum atomic E-state index is 12.8. The average molecular weight is 248 g/mol. The first kappa shape index (κ1) is 14.8. The quantitative estimate of drug-likeness (QED) is 0.434. The summed E-state index contributed by atoms with van der Waals surface area (Å²) >= 11 is 0. The van der Waals surface area contributed by atoms with Crippen LogP contribution < -0.4 is 0 Å². The Kier molecular flexibility index (Phi) is 4.39. The minimum Gasteiger partial charge on any atom is -0.465 e. The van der Waals surface area contributed by atoms with E-state index < -0.39 is 36.4 Å². The molecule has 0 rings (SSSR count). The summed E-state index contributed by atoms with van der Waals surface area (Å²) in [5, 5.41) is 0. The molecule has 94 valence electrons. The van der Waals surface area contributed by atoms with Crippen LogP contribution in [0, 0.1) is 5.92 Å². The third-order valence-electron chi connectivity index (χ3n) is 1.67. The fraction of sp³-hybridized carbons (Fsp3) is 0.750. The van der Waals surface area contributed by atoms with E-state index in [2.05, 4.69) is 4.74 Å². The Bertz CT molecular complexity index is 284. The smallest absolute Gasteiger partial charge is 0.454 e. The fourth-order valence-corrected chi connectivity index (χ4v) is 0.959. The van der Waals surface area contributed by atoms with Gasteiger partial charge in [0.2, 0.25) is 0 Å². The monoisotopic (exact) mass is 248 g/mol. The Morgan fingerprint density at radius 3 is 1.88 bits per heavy atom. The van der Waals surface area contributed by atoms with Crippen LogP contribution in [-0.2, 0) is 14.3 Å². The topological polar surface area (TPSA) is 43.4 Å². The molecule has 0 fully saturated rings. The van der Waals surface area contributed by atoms with Crippen LogP contribution in [0.4, 0.5) is 22.0 Å². The van der Waals surface area contributed by atoms with Gasteiger partial charge in [0.15, 0.2) is 11.7 Å². The van der Waals surface area contributed by atoms with Crippen molar-refractivity contribution in [3.63, 3.8) is 0 Å². The molecular weight excluding hydrogens is 239 g/mol. The Morgan fingerprint density at radius 1 is 1.19 bits per heavy atom. The van der Waals surface area contributed by atoms with Crippen molar-refractivity contribution < 1.29 is 36.3 Å². The second-order valence-corrected chi connectivity index (χ2v) is 2.92. The highest BCUT2D eigenvalue weighted by Crippen LogP contribution is 2.42. The Balaban J connectivity index is 5.22. The number of hydrogen-bond acceptors (Lipinski definition) is 3. The second-order valence-electron chi connectivity index (χ2n) is 2.92. The molecule has 0 bridgehead atoms. The lowest BCUT2D eigenvalue weighted by atomic mass is 9.97. The van der Waals surface area contributed by atoms with Crippen molar-refractivity contribution in [1.29, 1.82) is 0 Å².